The van der Waals surface area contributed by atoms with Crippen LogP contribution in [0, 0.1) is 6.92 Å². The fourth-order valence-corrected chi connectivity index (χ4v) is 2.08. The summed E-state index contributed by atoms with van der Waals surface area (Å²) in [6.45, 7) is 4.76. The van der Waals surface area contributed by atoms with Crippen LogP contribution >= 0.6 is 11.6 Å². The average molecular weight is 293 g/mol. The average Bonchev–Trinajstić information content (AvgIpc) is 2.42. The third kappa shape index (κ3) is 3.33. The van der Waals surface area contributed by atoms with Crippen molar-refractivity contribution in [3.8, 4) is 11.5 Å². The second-order valence-corrected chi connectivity index (χ2v) is 4.70. The Morgan fingerprint density at radius 2 is 2.10 bits per heavy atom. The second kappa shape index (κ2) is 6.48. The molecule has 1 heterocycles. The molecule has 0 radical (unpaired) electrons. The van der Waals surface area contributed by atoms with E-state index in [1.807, 2.05) is 32.0 Å². The van der Waals surface area contributed by atoms with Crippen LogP contribution in [0.25, 0.3) is 0 Å². The zero-order valence-corrected chi connectivity index (χ0v) is 12.2. The van der Waals surface area contributed by atoms with E-state index in [1.54, 1.807) is 12.1 Å². The molecule has 2 aromatic rings. The fraction of sp³-hybridized carbons (Fsp3) is 0.267. The van der Waals surface area contributed by atoms with Gasteiger partial charge in [-0.1, -0.05) is 23.7 Å². The van der Waals surface area contributed by atoms with Crippen LogP contribution in [-0.2, 0) is 6.54 Å². The van der Waals surface area contributed by atoms with Gasteiger partial charge in [-0.3, -0.25) is 0 Å². The van der Waals surface area contributed by atoms with Crippen LogP contribution in [-0.4, -0.2) is 16.7 Å². The first-order valence-electron chi connectivity index (χ1n) is 6.42. The number of aromatic hydroxyl groups is 1. The number of ether oxygens (including phenoxy) is 1. The van der Waals surface area contributed by atoms with E-state index in [-0.39, 0.29) is 5.75 Å². The van der Waals surface area contributed by atoms with Gasteiger partial charge in [-0.2, -0.15) is 0 Å². The van der Waals surface area contributed by atoms with E-state index < -0.39 is 0 Å². The predicted octanol–water partition coefficient (Wildman–Crippen LogP) is 3.76. The summed E-state index contributed by atoms with van der Waals surface area (Å²) in [6, 6.07) is 9.05. The topological polar surface area (TPSA) is 54.4 Å². The van der Waals surface area contributed by atoms with Crippen molar-refractivity contribution in [1.82, 2.24) is 4.98 Å². The summed E-state index contributed by atoms with van der Waals surface area (Å²) in [4.78, 5) is 4.17. The number of phenolic OH excluding ortho intramolecular Hbond substituents is 1. The number of anilines is 1. The number of para-hydroxylation sites is 1. The smallest absolute Gasteiger partial charge is 0.162 e. The first-order valence-corrected chi connectivity index (χ1v) is 6.80. The summed E-state index contributed by atoms with van der Waals surface area (Å²) in [6.07, 6.45) is 0. The molecule has 0 spiro atoms. The molecule has 0 unspecified atom stereocenters. The third-order valence-electron chi connectivity index (χ3n) is 2.90. The number of hydrogen-bond donors (Lipinski definition) is 2. The molecule has 0 saturated carbocycles. The van der Waals surface area contributed by atoms with Crippen LogP contribution in [0.15, 0.2) is 30.3 Å². The highest BCUT2D eigenvalue weighted by Crippen LogP contribution is 2.30. The zero-order chi connectivity index (χ0) is 14.5. The molecular weight excluding hydrogens is 276 g/mol. The number of nitrogens with zero attached hydrogens (tertiary/aromatic N) is 1. The number of halogens is 1. The molecule has 2 rings (SSSR count). The molecular formula is C15H17ClN2O2. The van der Waals surface area contributed by atoms with Crippen molar-refractivity contribution >= 4 is 17.3 Å². The number of pyridine rings is 1. The molecule has 5 heteroatoms. The van der Waals surface area contributed by atoms with E-state index in [1.165, 1.54) is 0 Å². The largest absolute Gasteiger partial charge is 0.504 e. The predicted molar refractivity (Wildman–Crippen MR) is 80.6 cm³/mol. The van der Waals surface area contributed by atoms with Crippen LogP contribution in [0.5, 0.6) is 11.5 Å². The van der Waals surface area contributed by atoms with Gasteiger partial charge < -0.3 is 15.2 Å². The lowest BCUT2D eigenvalue weighted by molar-refractivity contribution is 0.317. The Bertz CT molecular complexity index is 602. The lowest BCUT2D eigenvalue weighted by atomic mass is 10.1. The van der Waals surface area contributed by atoms with Crippen molar-refractivity contribution < 1.29 is 9.84 Å². The second-order valence-electron chi connectivity index (χ2n) is 4.32. The summed E-state index contributed by atoms with van der Waals surface area (Å²) in [7, 11) is 0. The van der Waals surface area contributed by atoms with Gasteiger partial charge in [0.15, 0.2) is 11.5 Å². The van der Waals surface area contributed by atoms with Gasteiger partial charge in [-0.05, 0) is 32.0 Å². The van der Waals surface area contributed by atoms with Crippen molar-refractivity contribution in [2.75, 3.05) is 11.9 Å². The van der Waals surface area contributed by atoms with Gasteiger partial charge in [0, 0.05) is 12.1 Å². The number of hydrogen-bond acceptors (Lipinski definition) is 4. The van der Waals surface area contributed by atoms with Crippen molar-refractivity contribution in [2.24, 2.45) is 0 Å². The summed E-state index contributed by atoms with van der Waals surface area (Å²) in [5.74, 6) is 0.666. The molecule has 0 fully saturated rings. The number of phenols is 1. The third-order valence-corrected chi connectivity index (χ3v) is 3.11. The van der Waals surface area contributed by atoms with E-state index in [4.69, 9.17) is 16.3 Å². The summed E-state index contributed by atoms with van der Waals surface area (Å²) in [5.41, 5.74) is 2.47. The summed E-state index contributed by atoms with van der Waals surface area (Å²) in [5, 5.41) is 13.8. The molecule has 0 atom stereocenters. The maximum Gasteiger partial charge on any atom is 0.162 e. The molecule has 0 bridgehead atoms. The van der Waals surface area contributed by atoms with Gasteiger partial charge in [-0.15, -0.1) is 0 Å². The van der Waals surface area contributed by atoms with Crippen LogP contribution in [0.1, 0.15) is 18.2 Å². The highest BCUT2D eigenvalue weighted by molar-refractivity contribution is 6.29. The van der Waals surface area contributed by atoms with Gasteiger partial charge in [-0.25, -0.2) is 4.98 Å². The number of aryl methyl sites for hydroxylation is 1. The number of nitrogens with one attached hydrogen (secondary N) is 1. The molecule has 4 nitrogen and oxygen atoms in total. The van der Waals surface area contributed by atoms with E-state index in [0.29, 0.717) is 24.1 Å². The van der Waals surface area contributed by atoms with Crippen molar-refractivity contribution in [3.05, 3.63) is 46.7 Å². The molecule has 0 aliphatic heterocycles. The molecule has 0 aliphatic rings. The standard InChI is InChI=1S/C15H17ClN2O2/c1-3-20-13-6-4-5-11(15(13)19)9-17-12-7-8-14(16)18-10(12)2/h4-8,17,19H,3,9H2,1-2H3. The first kappa shape index (κ1) is 14.5. The highest BCUT2D eigenvalue weighted by atomic mass is 35.5. The molecule has 2 N–H and O–H groups in total. The Kier molecular flexibility index (Phi) is 4.69. The number of benzene rings is 1. The van der Waals surface area contributed by atoms with E-state index in [2.05, 4.69) is 10.3 Å². The molecule has 106 valence electrons. The molecule has 0 aliphatic carbocycles. The molecule has 1 aromatic heterocycles. The molecule has 0 amide bonds. The maximum atomic E-state index is 10.1. The lowest BCUT2D eigenvalue weighted by Crippen LogP contribution is -2.03. The van der Waals surface area contributed by atoms with Gasteiger partial charge in [0.25, 0.3) is 0 Å². The fourth-order valence-electron chi connectivity index (χ4n) is 1.89. The van der Waals surface area contributed by atoms with Gasteiger partial charge >= 0.3 is 0 Å². The summed E-state index contributed by atoms with van der Waals surface area (Å²) < 4.78 is 5.36. The minimum absolute atomic E-state index is 0.168. The van der Waals surface area contributed by atoms with Crippen LogP contribution in [0.4, 0.5) is 5.69 Å². The monoisotopic (exact) mass is 292 g/mol. The van der Waals surface area contributed by atoms with Crippen LogP contribution in [0.3, 0.4) is 0 Å². The minimum Gasteiger partial charge on any atom is -0.504 e. The quantitative estimate of drug-likeness (QED) is 0.824. The van der Waals surface area contributed by atoms with Gasteiger partial charge in [0.05, 0.1) is 18.0 Å². The Hall–Kier alpha value is -1.94. The Morgan fingerprint density at radius 1 is 1.30 bits per heavy atom. The zero-order valence-electron chi connectivity index (χ0n) is 11.5. The molecule has 20 heavy (non-hydrogen) atoms. The van der Waals surface area contributed by atoms with Crippen molar-refractivity contribution in [1.29, 1.82) is 0 Å². The minimum atomic E-state index is 0.168. The highest BCUT2D eigenvalue weighted by Gasteiger charge is 2.08. The lowest BCUT2D eigenvalue weighted by Gasteiger charge is -2.12. The number of aromatic nitrogens is 1. The van der Waals surface area contributed by atoms with E-state index >= 15 is 0 Å². The van der Waals surface area contributed by atoms with E-state index in [0.717, 1.165) is 16.9 Å². The maximum absolute atomic E-state index is 10.1. The SMILES string of the molecule is CCOc1cccc(CNc2ccc(Cl)nc2C)c1O. The van der Waals surface area contributed by atoms with Crippen molar-refractivity contribution in [3.63, 3.8) is 0 Å². The first-order chi connectivity index (χ1) is 9.61. The normalized spacial score (nSPS) is 10.3. The molecule has 0 saturated heterocycles. The van der Waals surface area contributed by atoms with Gasteiger partial charge in [0.2, 0.25) is 0 Å². The van der Waals surface area contributed by atoms with Gasteiger partial charge in [0.1, 0.15) is 5.15 Å². The van der Waals surface area contributed by atoms with Crippen molar-refractivity contribution in [2.45, 2.75) is 20.4 Å². The van der Waals surface area contributed by atoms with Crippen LogP contribution in [0.2, 0.25) is 5.15 Å². The van der Waals surface area contributed by atoms with Crippen LogP contribution < -0.4 is 10.1 Å². The number of rotatable bonds is 5. The molecule has 1 aromatic carbocycles. The van der Waals surface area contributed by atoms with E-state index in [9.17, 15) is 5.11 Å². The Balaban J connectivity index is 2.12. The summed E-state index contributed by atoms with van der Waals surface area (Å²) >= 11 is 5.82. The Labute approximate surface area is 123 Å². The Morgan fingerprint density at radius 3 is 2.80 bits per heavy atom.